The van der Waals surface area contributed by atoms with E-state index in [0.29, 0.717) is 12.8 Å². The Bertz CT molecular complexity index is 585. The molecule has 0 aliphatic heterocycles. The maximum absolute atomic E-state index is 12.9. The van der Waals surface area contributed by atoms with Crippen molar-refractivity contribution in [2.24, 2.45) is 23.7 Å². The van der Waals surface area contributed by atoms with E-state index in [1.807, 2.05) is 41.5 Å². The molecule has 5 nitrogen and oxygen atoms in total. The summed E-state index contributed by atoms with van der Waals surface area (Å²) in [6.45, 7) is 11.6. The number of Topliss-reactive ketones (excluding diaryl/α,β-unsaturated/α-hetero) is 3. The van der Waals surface area contributed by atoms with Gasteiger partial charge in [0.2, 0.25) is 0 Å². The zero-order valence-corrected chi connectivity index (χ0v) is 17.0. The number of aliphatic hydroxyl groups excluding tert-OH is 1. The van der Waals surface area contributed by atoms with Crippen molar-refractivity contribution in [3.8, 4) is 0 Å². The molecule has 0 heterocycles. The average molecular weight is 366 g/mol. The van der Waals surface area contributed by atoms with Crippen LogP contribution >= 0.6 is 0 Å². The Hall–Kier alpha value is -1.49. The van der Waals surface area contributed by atoms with E-state index in [2.05, 4.69) is 0 Å². The van der Waals surface area contributed by atoms with Gasteiger partial charge >= 0.3 is 0 Å². The van der Waals surface area contributed by atoms with Crippen molar-refractivity contribution in [3.05, 3.63) is 11.3 Å². The summed E-state index contributed by atoms with van der Waals surface area (Å²) in [7, 11) is 0. The molecule has 0 aromatic carbocycles. The lowest BCUT2D eigenvalue weighted by atomic mass is 9.79. The first-order valence-electron chi connectivity index (χ1n) is 9.69. The molecule has 0 saturated carbocycles. The van der Waals surface area contributed by atoms with Crippen LogP contribution in [-0.4, -0.2) is 33.2 Å². The van der Waals surface area contributed by atoms with Gasteiger partial charge in [0, 0.05) is 12.8 Å². The van der Waals surface area contributed by atoms with Crippen LogP contribution in [0, 0.1) is 23.7 Å². The lowest BCUT2D eigenvalue weighted by Crippen LogP contribution is -2.47. The van der Waals surface area contributed by atoms with Crippen LogP contribution in [0.3, 0.4) is 0 Å². The highest BCUT2D eigenvalue weighted by Crippen LogP contribution is 2.42. The summed E-state index contributed by atoms with van der Waals surface area (Å²) >= 11 is 0. The summed E-state index contributed by atoms with van der Waals surface area (Å²) in [5.74, 6) is -2.92. The predicted octanol–water partition coefficient (Wildman–Crippen LogP) is 3.79. The van der Waals surface area contributed by atoms with E-state index >= 15 is 0 Å². The molecule has 0 spiro atoms. The highest BCUT2D eigenvalue weighted by Gasteiger charge is 2.58. The normalized spacial score (nSPS) is 23.6. The molecular weight excluding hydrogens is 332 g/mol. The van der Waals surface area contributed by atoms with Crippen LogP contribution in [0.1, 0.15) is 73.6 Å². The second kappa shape index (κ2) is 8.94. The molecule has 0 aromatic heterocycles. The Morgan fingerprint density at radius 1 is 1.00 bits per heavy atom. The van der Waals surface area contributed by atoms with Gasteiger partial charge in [-0.05, 0) is 30.6 Å². The summed E-state index contributed by atoms with van der Waals surface area (Å²) in [4.78, 5) is 38.1. The third-order valence-electron chi connectivity index (χ3n) is 4.94. The quantitative estimate of drug-likeness (QED) is 0.574. The summed E-state index contributed by atoms with van der Waals surface area (Å²) < 4.78 is 0. The van der Waals surface area contributed by atoms with Gasteiger partial charge in [-0.2, -0.15) is 0 Å². The number of rotatable bonds is 10. The van der Waals surface area contributed by atoms with Crippen LogP contribution in [0.15, 0.2) is 11.3 Å². The fourth-order valence-corrected chi connectivity index (χ4v) is 3.36. The van der Waals surface area contributed by atoms with E-state index in [-0.39, 0.29) is 42.6 Å². The van der Waals surface area contributed by atoms with E-state index in [4.69, 9.17) is 0 Å². The maximum Gasteiger partial charge on any atom is 0.190 e. The van der Waals surface area contributed by atoms with E-state index in [9.17, 15) is 24.6 Å². The number of allylic oxidation sites excluding steroid dienone is 1. The first-order valence-corrected chi connectivity index (χ1v) is 9.69. The molecule has 0 amide bonds. The lowest BCUT2D eigenvalue weighted by Gasteiger charge is -2.28. The Kier molecular flexibility index (Phi) is 7.75. The van der Waals surface area contributed by atoms with Crippen molar-refractivity contribution in [2.75, 3.05) is 0 Å². The van der Waals surface area contributed by atoms with Crippen LogP contribution in [-0.2, 0) is 14.4 Å². The fraction of sp³-hybridized carbons (Fsp3) is 0.762. The van der Waals surface area contributed by atoms with Gasteiger partial charge in [0.1, 0.15) is 11.3 Å². The molecule has 148 valence electrons. The van der Waals surface area contributed by atoms with Crippen molar-refractivity contribution in [1.29, 1.82) is 0 Å². The Labute approximate surface area is 156 Å². The zero-order chi connectivity index (χ0) is 20.2. The van der Waals surface area contributed by atoms with E-state index in [1.165, 1.54) is 0 Å². The first-order chi connectivity index (χ1) is 11.9. The van der Waals surface area contributed by atoms with Gasteiger partial charge in [0.05, 0.1) is 5.92 Å². The fourth-order valence-electron chi connectivity index (χ4n) is 3.36. The molecule has 1 aliphatic carbocycles. The zero-order valence-electron chi connectivity index (χ0n) is 17.0. The highest BCUT2D eigenvalue weighted by molar-refractivity contribution is 6.25. The Morgan fingerprint density at radius 2 is 1.54 bits per heavy atom. The molecule has 1 aliphatic rings. The molecule has 0 aromatic rings. The molecule has 2 unspecified atom stereocenters. The van der Waals surface area contributed by atoms with Crippen molar-refractivity contribution >= 4 is 17.3 Å². The minimum absolute atomic E-state index is 0.00931. The molecule has 0 bridgehead atoms. The van der Waals surface area contributed by atoms with Gasteiger partial charge in [-0.1, -0.05) is 48.0 Å². The molecule has 2 N–H and O–H groups in total. The smallest absolute Gasteiger partial charge is 0.190 e. The van der Waals surface area contributed by atoms with Gasteiger partial charge in [-0.3, -0.25) is 14.4 Å². The largest absolute Gasteiger partial charge is 0.508 e. The molecule has 26 heavy (non-hydrogen) atoms. The molecule has 5 heteroatoms. The summed E-state index contributed by atoms with van der Waals surface area (Å²) in [6, 6.07) is 0. The Morgan fingerprint density at radius 3 is 2.00 bits per heavy atom. The number of aliphatic hydroxyl groups is 2. The number of hydrogen-bond acceptors (Lipinski definition) is 5. The van der Waals surface area contributed by atoms with Crippen molar-refractivity contribution < 1.29 is 24.6 Å². The summed E-state index contributed by atoms with van der Waals surface area (Å²) in [5, 5.41) is 21.7. The van der Waals surface area contributed by atoms with Crippen molar-refractivity contribution in [1.82, 2.24) is 0 Å². The standard InChI is InChI=1S/C21H34O5/c1-12(2)7-9-15-19(24)18(16(22)11-14(5)6)20(25)21(15,26)17(23)10-8-13(3)4/h12-15,25-26H,7-11H2,1-6H3. The van der Waals surface area contributed by atoms with Crippen LogP contribution in [0.2, 0.25) is 0 Å². The van der Waals surface area contributed by atoms with Gasteiger partial charge < -0.3 is 10.2 Å². The second-order valence-corrected chi connectivity index (χ2v) is 8.75. The molecular formula is C21H34O5. The molecule has 2 atom stereocenters. The van der Waals surface area contributed by atoms with Crippen LogP contribution < -0.4 is 0 Å². The summed E-state index contributed by atoms with van der Waals surface area (Å²) in [5.41, 5.74) is -2.63. The van der Waals surface area contributed by atoms with Crippen LogP contribution in [0.4, 0.5) is 0 Å². The van der Waals surface area contributed by atoms with Crippen molar-refractivity contribution in [3.63, 3.8) is 0 Å². The SMILES string of the molecule is CC(C)CCC(=O)C1(O)C(O)=C(C(=O)CC(C)C)C(=O)C1CCC(C)C. The number of hydrogen-bond donors (Lipinski definition) is 2. The van der Waals surface area contributed by atoms with Gasteiger partial charge in [0.25, 0.3) is 0 Å². The van der Waals surface area contributed by atoms with Gasteiger partial charge in [-0.25, -0.2) is 0 Å². The minimum atomic E-state index is -2.26. The van der Waals surface area contributed by atoms with Crippen LogP contribution in [0.25, 0.3) is 0 Å². The molecule has 0 fully saturated rings. The predicted molar refractivity (Wildman–Crippen MR) is 101 cm³/mol. The monoisotopic (exact) mass is 366 g/mol. The molecule has 1 rings (SSSR count). The highest BCUT2D eigenvalue weighted by atomic mass is 16.3. The van der Waals surface area contributed by atoms with Crippen LogP contribution in [0.5, 0.6) is 0 Å². The van der Waals surface area contributed by atoms with Gasteiger partial charge in [0.15, 0.2) is 23.0 Å². The number of ketones is 3. The number of carbonyl (C=O) groups is 3. The summed E-state index contributed by atoms with van der Waals surface area (Å²) in [6.07, 6.45) is 1.60. The Balaban J connectivity index is 3.27. The number of carbonyl (C=O) groups excluding carboxylic acids is 3. The topological polar surface area (TPSA) is 91.7 Å². The molecule has 0 radical (unpaired) electrons. The minimum Gasteiger partial charge on any atom is -0.508 e. The average Bonchev–Trinajstić information content (AvgIpc) is 2.69. The van der Waals surface area contributed by atoms with Gasteiger partial charge in [-0.15, -0.1) is 0 Å². The lowest BCUT2D eigenvalue weighted by molar-refractivity contribution is -0.145. The first kappa shape index (κ1) is 22.6. The van der Waals surface area contributed by atoms with Crippen molar-refractivity contribution in [2.45, 2.75) is 79.2 Å². The van der Waals surface area contributed by atoms with E-state index in [0.717, 1.165) is 0 Å². The molecule has 0 saturated heterocycles. The second-order valence-electron chi connectivity index (χ2n) is 8.75. The van der Waals surface area contributed by atoms with E-state index in [1.54, 1.807) is 0 Å². The third kappa shape index (κ3) is 4.81. The maximum atomic E-state index is 12.9. The van der Waals surface area contributed by atoms with E-state index < -0.39 is 34.6 Å². The third-order valence-corrected chi connectivity index (χ3v) is 4.94.